The lowest BCUT2D eigenvalue weighted by atomic mass is 10.2. The molecule has 1 aromatic carbocycles. The molecule has 4 heterocycles. The molecule has 0 spiro atoms. The van der Waals surface area contributed by atoms with Crippen molar-refractivity contribution in [3.05, 3.63) is 74.4 Å². The molecule has 0 radical (unpaired) electrons. The number of aromatic amines is 2. The highest BCUT2D eigenvalue weighted by molar-refractivity contribution is 7.20. The smallest absolute Gasteiger partial charge is 0.321 e. The van der Waals surface area contributed by atoms with Gasteiger partial charge in [-0.3, -0.25) is 14.0 Å². The molecule has 8 nitrogen and oxygen atoms in total. The molecule has 0 aliphatic carbocycles. The summed E-state index contributed by atoms with van der Waals surface area (Å²) >= 11 is 1.16. The van der Waals surface area contributed by atoms with Gasteiger partial charge >= 0.3 is 5.69 Å². The first-order valence-electron chi connectivity index (χ1n) is 8.03. The number of thiophene rings is 1. The van der Waals surface area contributed by atoms with E-state index in [1.165, 1.54) is 4.40 Å². The van der Waals surface area contributed by atoms with Gasteiger partial charge in [-0.25, -0.2) is 9.78 Å². The second-order valence-electron chi connectivity index (χ2n) is 5.97. The minimum atomic E-state index is -0.344. The number of aromatic nitrogens is 4. The average molecular weight is 377 g/mol. The van der Waals surface area contributed by atoms with Crippen molar-refractivity contribution in [3.63, 3.8) is 0 Å². The van der Waals surface area contributed by atoms with Crippen molar-refractivity contribution in [2.75, 3.05) is 5.32 Å². The Kier molecular flexibility index (Phi) is 3.25. The van der Waals surface area contributed by atoms with Crippen LogP contribution in [0.4, 0.5) is 5.69 Å². The summed E-state index contributed by atoms with van der Waals surface area (Å²) in [6.45, 7) is 0. The fourth-order valence-corrected chi connectivity index (χ4v) is 3.89. The van der Waals surface area contributed by atoms with Crippen LogP contribution in [0.5, 0.6) is 0 Å². The summed E-state index contributed by atoms with van der Waals surface area (Å²) in [4.78, 5) is 47.2. The number of imidazole rings is 1. The van der Waals surface area contributed by atoms with E-state index in [4.69, 9.17) is 0 Å². The van der Waals surface area contributed by atoms with Gasteiger partial charge in [0.05, 0.1) is 21.3 Å². The second-order valence-corrected chi connectivity index (χ2v) is 7.00. The zero-order valence-electron chi connectivity index (χ0n) is 13.6. The van der Waals surface area contributed by atoms with Crippen molar-refractivity contribution in [1.29, 1.82) is 0 Å². The predicted molar refractivity (Wildman–Crippen MR) is 104 cm³/mol. The van der Waals surface area contributed by atoms with Crippen molar-refractivity contribution in [3.8, 4) is 0 Å². The minimum Gasteiger partial charge on any atom is -0.321 e. The van der Waals surface area contributed by atoms with Gasteiger partial charge in [0.15, 0.2) is 0 Å². The maximum Gasteiger partial charge on any atom is 0.323 e. The topological polar surface area (TPSA) is 112 Å². The molecule has 3 N–H and O–H groups in total. The van der Waals surface area contributed by atoms with Crippen molar-refractivity contribution in [2.24, 2.45) is 0 Å². The van der Waals surface area contributed by atoms with Gasteiger partial charge in [-0.1, -0.05) is 6.07 Å². The number of H-pyrrole nitrogens is 2. The molecule has 0 bridgehead atoms. The number of anilines is 1. The van der Waals surface area contributed by atoms with E-state index in [-0.39, 0.29) is 17.2 Å². The molecular formula is C18H11N5O3S. The summed E-state index contributed by atoms with van der Waals surface area (Å²) in [5.41, 5.74) is 1.80. The quantitative estimate of drug-likeness (QED) is 0.438. The van der Waals surface area contributed by atoms with Crippen LogP contribution in [-0.4, -0.2) is 25.3 Å². The molecular weight excluding hydrogens is 366 g/mol. The fourth-order valence-electron chi connectivity index (χ4n) is 2.96. The molecule has 0 unspecified atom stereocenters. The predicted octanol–water partition coefficient (Wildman–Crippen LogP) is 2.33. The lowest BCUT2D eigenvalue weighted by Gasteiger charge is -2.03. The van der Waals surface area contributed by atoms with Gasteiger partial charge in [0.25, 0.3) is 11.5 Å². The Hall–Kier alpha value is -3.72. The van der Waals surface area contributed by atoms with Crippen LogP contribution in [0.25, 0.3) is 26.9 Å². The number of rotatable bonds is 2. The van der Waals surface area contributed by atoms with Gasteiger partial charge < -0.3 is 15.3 Å². The van der Waals surface area contributed by atoms with E-state index in [2.05, 4.69) is 20.3 Å². The van der Waals surface area contributed by atoms with Gasteiger partial charge in [-0.05, 0) is 36.4 Å². The third-order valence-corrected chi connectivity index (χ3v) is 5.24. The molecule has 0 saturated carbocycles. The molecule has 132 valence electrons. The van der Waals surface area contributed by atoms with Crippen LogP contribution in [0.15, 0.2) is 58.3 Å². The Labute approximate surface area is 154 Å². The second kappa shape index (κ2) is 5.64. The highest BCUT2D eigenvalue weighted by Gasteiger charge is 2.15. The van der Waals surface area contributed by atoms with E-state index in [9.17, 15) is 14.4 Å². The summed E-state index contributed by atoms with van der Waals surface area (Å²) in [6, 6.07) is 11.9. The highest BCUT2D eigenvalue weighted by atomic mass is 32.1. The van der Waals surface area contributed by atoms with E-state index in [1.807, 2.05) is 0 Å². The standard InChI is InChI=1S/C18H11N5O3S/c24-15(19-9-4-5-11-12(7-9)21-18(26)20-11)13-8-10-16(27-13)22-14-3-1-2-6-23(14)17(10)25/h1-8H,(H,19,24)(H2,20,21,26). The van der Waals surface area contributed by atoms with Crippen molar-refractivity contribution >= 4 is 49.8 Å². The fraction of sp³-hybridized carbons (Fsp3) is 0. The number of amides is 1. The molecule has 0 fully saturated rings. The Morgan fingerprint density at radius 2 is 1.93 bits per heavy atom. The molecule has 27 heavy (non-hydrogen) atoms. The molecule has 4 aromatic heterocycles. The Balaban J connectivity index is 1.54. The molecule has 5 rings (SSSR count). The van der Waals surface area contributed by atoms with Gasteiger partial charge in [0.2, 0.25) is 0 Å². The number of pyridine rings is 1. The summed E-state index contributed by atoms with van der Waals surface area (Å²) in [6.07, 6.45) is 1.65. The molecule has 0 aliphatic rings. The van der Waals surface area contributed by atoms with Crippen molar-refractivity contribution in [1.82, 2.24) is 19.4 Å². The van der Waals surface area contributed by atoms with Gasteiger partial charge in [-0.2, -0.15) is 0 Å². The molecule has 0 aliphatic heterocycles. The number of hydrogen-bond acceptors (Lipinski definition) is 5. The maximum absolute atomic E-state index is 12.6. The molecule has 0 saturated heterocycles. The monoisotopic (exact) mass is 377 g/mol. The van der Waals surface area contributed by atoms with Gasteiger partial charge in [-0.15, -0.1) is 11.3 Å². The third kappa shape index (κ3) is 2.52. The minimum absolute atomic E-state index is 0.211. The van der Waals surface area contributed by atoms with Crippen LogP contribution < -0.4 is 16.6 Å². The van der Waals surface area contributed by atoms with E-state index >= 15 is 0 Å². The largest absolute Gasteiger partial charge is 0.323 e. The van der Waals surface area contributed by atoms with Crippen molar-refractivity contribution < 1.29 is 4.79 Å². The number of carbonyl (C=O) groups excluding carboxylic acids is 1. The van der Waals surface area contributed by atoms with Gasteiger partial charge in [0.1, 0.15) is 10.5 Å². The average Bonchev–Trinajstić information content (AvgIpc) is 3.24. The number of hydrogen-bond donors (Lipinski definition) is 3. The number of nitrogens with one attached hydrogen (secondary N) is 3. The van der Waals surface area contributed by atoms with E-state index < -0.39 is 0 Å². The highest BCUT2D eigenvalue weighted by Crippen LogP contribution is 2.23. The number of carbonyl (C=O) groups is 1. The SMILES string of the molecule is O=C(Nc1ccc2[nH]c(=O)[nH]c2c1)c1cc2c(=O)n3ccccc3nc2s1. The first-order chi connectivity index (χ1) is 13.1. The van der Waals surface area contributed by atoms with Crippen LogP contribution in [0.1, 0.15) is 9.67 Å². The zero-order valence-corrected chi connectivity index (χ0v) is 14.5. The van der Waals surface area contributed by atoms with Crippen LogP contribution in [0, 0.1) is 0 Å². The van der Waals surface area contributed by atoms with Gasteiger partial charge in [0, 0.05) is 11.9 Å². The zero-order chi connectivity index (χ0) is 18.5. The molecule has 0 atom stereocenters. The lowest BCUT2D eigenvalue weighted by Crippen LogP contribution is -2.13. The Morgan fingerprint density at radius 3 is 2.81 bits per heavy atom. The first kappa shape index (κ1) is 15.5. The molecule has 1 amide bonds. The van der Waals surface area contributed by atoms with E-state index in [0.29, 0.717) is 37.5 Å². The van der Waals surface area contributed by atoms with Crippen molar-refractivity contribution in [2.45, 2.75) is 0 Å². The maximum atomic E-state index is 12.6. The lowest BCUT2D eigenvalue weighted by molar-refractivity contribution is 0.103. The Morgan fingerprint density at radius 1 is 1.07 bits per heavy atom. The Bertz CT molecular complexity index is 1470. The van der Waals surface area contributed by atoms with Crippen LogP contribution in [0.2, 0.25) is 0 Å². The number of benzene rings is 1. The molecule has 5 aromatic rings. The summed E-state index contributed by atoms with van der Waals surface area (Å²) in [7, 11) is 0. The number of nitrogens with zero attached hydrogens (tertiary/aromatic N) is 2. The van der Waals surface area contributed by atoms with Crippen LogP contribution in [0.3, 0.4) is 0 Å². The summed E-state index contributed by atoms with van der Waals surface area (Å²) in [5.74, 6) is -0.344. The first-order valence-corrected chi connectivity index (χ1v) is 8.84. The summed E-state index contributed by atoms with van der Waals surface area (Å²) in [5, 5.41) is 3.18. The van der Waals surface area contributed by atoms with E-state index in [1.54, 1.807) is 48.7 Å². The van der Waals surface area contributed by atoms with Crippen LogP contribution in [-0.2, 0) is 0 Å². The number of fused-ring (bicyclic) bond motifs is 3. The van der Waals surface area contributed by atoms with E-state index in [0.717, 1.165) is 11.3 Å². The normalized spacial score (nSPS) is 11.4. The van der Waals surface area contributed by atoms with Crippen LogP contribution >= 0.6 is 11.3 Å². The molecule has 9 heteroatoms. The third-order valence-electron chi connectivity index (χ3n) is 4.21. The summed E-state index contributed by atoms with van der Waals surface area (Å²) < 4.78 is 1.45.